The highest BCUT2D eigenvalue weighted by atomic mass is 31.2. The van der Waals surface area contributed by atoms with Crippen molar-refractivity contribution in [2.24, 2.45) is 5.73 Å². The molecule has 0 amide bonds. The summed E-state index contributed by atoms with van der Waals surface area (Å²) in [6.07, 6.45) is 11.2. The molecule has 1 atom stereocenters. The molecule has 0 spiro atoms. The summed E-state index contributed by atoms with van der Waals surface area (Å²) in [6.45, 7) is 2.21. The first-order valence-electron chi connectivity index (χ1n) is 6.79. The van der Waals surface area contributed by atoms with E-state index in [0.29, 0.717) is 6.42 Å². The fourth-order valence-corrected chi connectivity index (χ4v) is 2.35. The van der Waals surface area contributed by atoms with Crippen molar-refractivity contribution in [2.45, 2.75) is 76.9 Å². The Kier molecular flexibility index (Phi) is 10.1. The first kappa shape index (κ1) is 17.1. The molecule has 0 rings (SSSR count). The SMILES string of the molecule is CCCCCCCCCCCC(N)P(=O)(O)O. The molecule has 0 aliphatic heterocycles. The molecule has 5 heteroatoms. The summed E-state index contributed by atoms with van der Waals surface area (Å²) in [5.41, 5.74) is 5.38. The third kappa shape index (κ3) is 11.0. The van der Waals surface area contributed by atoms with Crippen LogP contribution in [0.2, 0.25) is 0 Å². The van der Waals surface area contributed by atoms with Crippen LogP contribution in [0.15, 0.2) is 0 Å². The standard InChI is InChI=1S/C12H28NO3P/c1-2-3-4-5-6-7-8-9-10-11-12(13)17(14,15)16/h12H,2-11,13H2,1H3,(H2,14,15,16). The van der Waals surface area contributed by atoms with Crippen molar-refractivity contribution in [1.82, 2.24) is 0 Å². The monoisotopic (exact) mass is 265 g/mol. The van der Waals surface area contributed by atoms with E-state index in [-0.39, 0.29) is 0 Å². The van der Waals surface area contributed by atoms with Gasteiger partial charge in [-0.25, -0.2) is 0 Å². The van der Waals surface area contributed by atoms with E-state index >= 15 is 0 Å². The van der Waals surface area contributed by atoms with E-state index in [1.165, 1.54) is 38.5 Å². The zero-order valence-electron chi connectivity index (χ0n) is 11.0. The minimum absolute atomic E-state index is 0.431. The van der Waals surface area contributed by atoms with Crippen molar-refractivity contribution >= 4 is 7.60 Å². The molecule has 0 aromatic heterocycles. The lowest BCUT2D eigenvalue weighted by Crippen LogP contribution is -2.19. The lowest BCUT2D eigenvalue weighted by molar-refractivity contribution is 0.353. The Morgan fingerprint density at radius 1 is 0.941 bits per heavy atom. The van der Waals surface area contributed by atoms with Crippen molar-refractivity contribution < 1.29 is 14.4 Å². The molecule has 0 aliphatic carbocycles. The average Bonchev–Trinajstić information content (AvgIpc) is 2.25. The summed E-state index contributed by atoms with van der Waals surface area (Å²) in [4.78, 5) is 17.6. The van der Waals surface area contributed by atoms with Gasteiger partial charge in [-0.15, -0.1) is 0 Å². The van der Waals surface area contributed by atoms with E-state index in [4.69, 9.17) is 15.5 Å². The highest BCUT2D eigenvalue weighted by Crippen LogP contribution is 2.40. The van der Waals surface area contributed by atoms with E-state index in [0.717, 1.165) is 19.3 Å². The number of hydrogen-bond acceptors (Lipinski definition) is 2. The van der Waals surface area contributed by atoms with Crippen molar-refractivity contribution in [3.8, 4) is 0 Å². The molecule has 0 saturated carbocycles. The second kappa shape index (κ2) is 10.1. The number of rotatable bonds is 11. The topological polar surface area (TPSA) is 83.6 Å². The van der Waals surface area contributed by atoms with Crippen LogP contribution in [-0.4, -0.2) is 15.6 Å². The summed E-state index contributed by atoms with van der Waals surface area (Å²) >= 11 is 0. The summed E-state index contributed by atoms with van der Waals surface area (Å²) in [5, 5.41) is 0. The van der Waals surface area contributed by atoms with Crippen LogP contribution in [0.3, 0.4) is 0 Å². The van der Waals surface area contributed by atoms with Crippen LogP contribution >= 0.6 is 7.60 Å². The summed E-state index contributed by atoms with van der Waals surface area (Å²) in [7, 11) is -4.05. The van der Waals surface area contributed by atoms with Crippen LogP contribution < -0.4 is 5.73 Å². The lowest BCUT2D eigenvalue weighted by Gasteiger charge is -2.12. The first-order valence-corrected chi connectivity index (χ1v) is 8.47. The Morgan fingerprint density at radius 2 is 1.35 bits per heavy atom. The summed E-state index contributed by atoms with van der Waals surface area (Å²) in [6, 6.07) is 0. The van der Waals surface area contributed by atoms with Gasteiger partial charge in [0, 0.05) is 0 Å². The molecular formula is C12H28NO3P. The summed E-state index contributed by atoms with van der Waals surface area (Å²) in [5.74, 6) is -0.966. The van der Waals surface area contributed by atoms with Gasteiger partial charge >= 0.3 is 7.60 Å². The molecule has 1 unspecified atom stereocenters. The fraction of sp³-hybridized carbons (Fsp3) is 1.00. The van der Waals surface area contributed by atoms with Gasteiger partial charge in [0.05, 0.1) is 0 Å². The van der Waals surface area contributed by atoms with Gasteiger partial charge in [-0.05, 0) is 6.42 Å². The molecule has 0 aliphatic rings. The normalized spacial score (nSPS) is 13.9. The van der Waals surface area contributed by atoms with Crippen LogP contribution in [0, 0.1) is 0 Å². The molecule has 0 aromatic carbocycles. The fourth-order valence-electron chi connectivity index (χ4n) is 1.83. The first-order chi connectivity index (χ1) is 7.98. The molecule has 0 heterocycles. The van der Waals surface area contributed by atoms with Gasteiger partial charge in [-0.2, -0.15) is 0 Å². The van der Waals surface area contributed by atoms with E-state index in [1.54, 1.807) is 0 Å². The van der Waals surface area contributed by atoms with Gasteiger partial charge in [0.15, 0.2) is 0 Å². The van der Waals surface area contributed by atoms with E-state index in [1.807, 2.05) is 0 Å². The molecule has 0 bridgehead atoms. The van der Waals surface area contributed by atoms with Gasteiger partial charge in [0.1, 0.15) is 5.78 Å². The van der Waals surface area contributed by atoms with Crippen LogP contribution in [0.25, 0.3) is 0 Å². The smallest absolute Gasteiger partial charge is 0.323 e. The number of unbranched alkanes of at least 4 members (excludes halogenated alkanes) is 8. The third-order valence-corrected chi connectivity index (χ3v) is 4.16. The van der Waals surface area contributed by atoms with E-state index < -0.39 is 13.4 Å². The molecule has 0 radical (unpaired) electrons. The molecule has 17 heavy (non-hydrogen) atoms. The van der Waals surface area contributed by atoms with Gasteiger partial charge in [0.25, 0.3) is 0 Å². The minimum atomic E-state index is -4.05. The maximum atomic E-state index is 10.8. The zero-order chi connectivity index (χ0) is 13.1. The predicted octanol–water partition coefficient (Wildman–Crippen LogP) is 3.37. The number of nitrogens with two attached hydrogens (primary N) is 1. The highest BCUT2D eigenvalue weighted by Gasteiger charge is 2.23. The van der Waals surface area contributed by atoms with Crippen LogP contribution in [0.5, 0.6) is 0 Å². The van der Waals surface area contributed by atoms with Gasteiger partial charge < -0.3 is 15.5 Å². The maximum absolute atomic E-state index is 10.8. The molecule has 0 aromatic rings. The Bertz CT molecular complexity index is 218. The zero-order valence-corrected chi connectivity index (χ0v) is 11.9. The second-order valence-corrected chi connectivity index (χ2v) is 6.62. The average molecular weight is 265 g/mol. The maximum Gasteiger partial charge on any atom is 0.342 e. The number of hydrogen-bond donors (Lipinski definition) is 3. The van der Waals surface area contributed by atoms with Crippen molar-refractivity contribution in [3.63, 3.8) is 0 Å². The van der Waals surface area contributed by atoms with Crippen molar-refractivity contribution in [2.75, 3.05) is 0 Å². The Hall–Kier alpha value is 0.110. The Morgan fingerprint density at radius 3 is 1.76 bits per heavy atom. The van der Waals surface area contributed by atoms with Gasteiger partial charge in [-0.1, -0.05) is 64.7 Å². The highest BCUT2D eigenvalue weighted by molar-refractivity contribution is 7.52. The second-order valence-electron chi connectivity index (χ2n) is 4.77. The molecule has 0 saturated heterocycles. The Balaban J connectivity index is 3.21. The van der Waals surface area contributed by atoms with E-state index in [2.05, 4.69) is 6.92 Å². The van der Waals surface area contributed by atoms with Crippen molar-refractivity contribution in [1.29, 1.82) is 0 Å². The largest absolute Gasteiger partial charge is 0.342 e. The predicted molar refractivity (Wildman–Crippen MR) is 71.9 cm³/mol. The van der Waals surface area contributed by atoms with Crippen LogP contribution in [0.4, 0.5) is 0 Å². The van der Waals surface area contributed by atoms with E-state index in [9.17, 15) is 4.57 Å². The molecule has 4 N–H and O–H groups in total. The lowest BCUT2D eigenvalue weighted by atomic mass is 10.1. The third-order valence-electron chi connectivity index (χ3n) is 3.04. The molecule has 0 fully saturated rings. The van der Waals surface area contributed by atoms with Crippen molar-refractivity contribution in [3.05, 3.63) is 0 Å². The van der Waals surface area contributed by atoms with Crippen LogP contribution in [0.1, 0.15) is 71.1 Å². The molecule has 4 nitrogen and oxygen atoms in total. The minimum Gasteiger partial charge on any atom is -0.323 e. The summed E-state index contributed by atoms with van der Waals surface area (Å²) < 4.78 is 10.8. The quantitative estimate of drug-likeness (QED) is 0.395. The molecule has 104 valence electrons. The molecular weight excluding hydrogens is 237 g/mol. The van der Waals surface area contributed by atoms with Crippen LogP contribution in [-0.2, 0) is 4.57 Å². The Labute approximate surface area is 105 Å². The van der Waals surface area contributed by atoms with Gasteiger partial charge in [0.2, 0.25) is 0 Å². The van der Waals surface area contributed by atoms with Gasteiger partial charge in [-0.3, -0.25) is 4.57 Å².